The number of aliphatic carboxylic acids is 1. The smallest absolute Gasteiger partial charge is 0.303 e. The second-order valence-electron chi connectivity index (χ2n) is 4.24. The zero-order chi connectivity index (χ0) is 13.0. The summed E-state index contributed by atoms with van der Waals surface area (Å²) in [5.41, 5.74) is 0.924. The van der Waals surface area contributed by atoms with Gasteiger partial charge in [-0.15, -0.1) is 0 Å². The minimum Gasteiger partial charge on any atom is -0.481 e. The number of hydrogen-bond donors (Lipinski definition) is 1. The fourth-order valence-electron chi connectivity index (χ4n) is 2.01. The number of aromatic nitrogens is 1. The number of carboxylic acid groups (broad SMARTS) is 1. The van der Waals surface area contributed by atoms with Crippen molar-refractivity contribution in [1.82, 2.24) is 4.57 Å². The predicted octanol–water partition coefficient (Wildman–Crippen LogP) is 2.26. The molecule has 0 saturated heterocycles. The number of aryl methyl sites for hydroxylation is 1. The Kier molecular flexibility index (Phi) is 3.77. The number of rotatable bonds is 5. The molecule has 1 N–H and O–H groups in total. The number of benzene rings is 1. The maximum atomic E-state index is 11.7. The molecule has 2 rings (SSSR count). The highest BCUT2D eigenvalue weighted by molar-refractivity contribution is 5.78. The van der Waals surface area contributed by atoms with E-state index in [-0.39, 0.29) is 11.8 Å². The molecule has 4 nitrogen and oxygen atoms in total. The van der Waals surface area contributed by atoms with Gasteiger partial charge in [-0.1, -0.05) is 12.1 Å². The Labute approximate surface area is 104 Å². The molecule has 0 aliphatic rings. The van der Waals surface area contributed by atoms with Gasteiger partial charge in [0.2, 0.25) is 0 Å². The number of unbranched alkanes of at least 4 members (excludes halogenated alkanes) is 1. The Bertz CT molecular complexity index is 616. The van der Waals surface area contributed by atoms with Crippen LogP contribution in [-0.4, -0.2) is 15.6 Å². The molecule has 0 radical (unpaired) electrons. The van der Waals surface area contributed by atoms with E-state index in [1.165, 1.54) is 0 Å². The van der Waals surface area contributed by atoms with E-state index in [4.69, 9.17) is 5.11 Å². The van der Waals surface area contributed by atoms with Crippen LogP contribution in [0, 0.1) is 0 Å². The van der Waals surface area contributed by atoms with Gasteiger partial charge in [-0.2, -0.15) is 0 Å². The van der Waals surface area contributed by atoms with Crippen LogP contribution < -0.4 is 5.43 Å². The van der Waals surface area contributed by atoms with Crippen molar-refractivity contribution in [2.75, 3.05) is 0 Å². The largest absolute Gasteiger partial charge is 0.481 e. The minimum absolute atomic E-state index is 0.0207. The van der Waals surface area contributed by atoms with Gasteiger partial charge in [0.05, 0.1) is 5.52 Å². The first kappa shape index (κ1) is 12.4. The Balaban J connectivity index is 2.16. The number of pyridine rings is 1. The molecule has 1 heterocycles. The lowest BCUT2D eigenvalue weighted by molar-refractivity contribution is -0.137. The fraction of sp³-hybridized carbons (Fsp3) is 0.286. The zero-order valence-electron chi connectivity index (χ0n) is 10.0. The maximum Gasteiger partial charge on any atom is 0.303 e. The lowest BCUT2D eigenvalue weighted by atomic mass is 10.2. The molecule has 0 aliphatic carbocycles. The van der Waals surface area contributed by atoms with Crippen LogP contribution in [0.2, 0.25) is 0 Å². The molecule has 1 aromatic heterocycles. The van der Waals surface area contributed by atoms with Crippen LogP contribution in [0.5, 0.6) is 0 Å². The number of para-hydroxylation sites is 1. The van der Waals surface area contributed by atoms with Crippen LogP contribution in [0.15, 0.2) is 41.3 Å². The van der Waals surface area contributed by atoms with E-state index < -0.39 is 5.97 Å². The second-order valence-corrected chi connectivity index (χ2v) is 4.24. The van der Waals surface area contributed by atoms with E-state index in [0.29, 0.717) is 11.8 Å². The molecule has 0 unspecified atom stereocenters. The summed E-state index contributed by atoms with van der Waals surface area (Å²) in [6.07, 6.45) is 3.40. The number of fused-ring (bicyclic) bond motifs is 1. The molecule has 94 valence electrons. The average molecular weight is 245 g/mol. The topological polar surface area (TPSA) is 59.3 Å². The van der Waals surface area contributed by atoms with Crippen molar-refractivity contribution in [1.29, 1.82) is 0 Å². The molecule has 1 aromatic carbocycles. The molecule has 0 atom stereocenters. The molecular weight excluding hydrogens is 230 g/mol. The van der Waals surface area contributed by atoms with Gasteiger partial charge in [0, 0.05) is 30.6 Å². The van der Waals surface area contributed by atoms with Crippen LogP contribution in [0.1, 0.15) is 19.3 Å². The summed E-state index contributed by atoms with van der Waals surface area (Å²) in [4.78, 5) is 22.1. The van der Waals surface area contributed by atoms with Crippen molar-refractivity contribution in [3.8, 4) is 0 Å². The van der Waals surface area contributed by atoms with Gasteiger partial charge in [-0.3, -0.25) is 9.59 Å². The first-order valence-corrected chi connectivity index (χ1v) is 5.98. The van der Waals surface area contributed by atoms with E-state index in [2.05, 4.69) is 0 Å². The number of nitrogens with zero attached hydrogens (tertiary/aromatic N) is 1. The number of hydrogen-bond acceptors (Lipinski definition) is 2. The number of carboxylic acids is 1. The summed E-state index contributed by atoms with van der Waals surface area (Å²) < 4.78 is 2.00. The van der Waals surface area contributed by atoms with E-state index in [1.807, 2.05) is 28.8 Å². The van der Waals surface area contributed by atoms with Crippen molar-refractivity contribution < 1.29 is 9.90 Å². The van der Waals surface area contributed by atoms with Gasteiger partial charge >= 0.3 is 5.97 Å². The van der Waals surface area contributed by atoms with Crippen LogP contribution in [0.4, 0.5) is 0 Å². The Morgan fingerprint density at radius 3 is 2.72 bits per heavy atom. The Hall–Kier alpha value is -2.10. The standard InChI is InChI=1S/C14H15NO3/c16-13-8-10-15(9-4-3-7-14(17)18)12-6-2-1-5-11(12)13/h1-2,5-6,8,10H,3-4,7,9H2,(H,17,18). The summed E-state index contributed by atoms with van der Waals surface area (Å²) >= 11 is 0. The third-order valence-corrected chi connectivity index (χ3v) is 2.92. The van der Waals surface area contributed by atoms with Crippen LogP contribution in [0.3, 0.4) is 0 Å². The van der Waals surface area contributed by atoms with Gasteiger partial charge in [0.25, 0.3) is 0 Å². The molecule has 0 fully saturated rings. The SMILES string of the molecule is O=C(O)CCCCn1ccc(=O)c2ccccc21. The number of carbonyl (C=O) groups is 1. The summed E-state index contributed by atoms with van der Waals surface area (Å²) in [7, 11) is 0. The monoisotopic (exact) mass is 245 g/mol. The molecule has 18 heavy (non-hydrogen) atoms. The van der Waals surface area contributed by atoms with E-state index in [9.17, 15) is 9.59 Å². The molecule has 4 heteroatoms. The highest BCUT2D eigenvalue weighted by atomic mass is 16.4. The third kappa shape index (κ3) is 2.77. The Morgan fingerprint density at radius 1 is 1.17 bits per heavy atom. The highest BCUT2D eigenvalue weighted by Gasteiger charge is 2.02. The molecule has 0 bridgehead atoms. The summed E-state index contributed by atoms with van der Waals surface area (Å²) in [5, 5.41) is 9.28. The van der Waals surface area contributed by atoms with Gasteiger partial charge in [0.1, 0.15) is 0 Å². The normalized spacial score (nSPS) is 10.7. The molecular formula is C14H15NO3. The first-order valence-electron chi connectivity index (χ1n) is 5.98. The molecule has 0 saturated carbocycles. The third-order valence-electron chi connectivity index (χ3n) is 2.92. The quantitative estimate of drug-likeness (QED) is 0.822. The summed E-state index contributed by atoms with van der Waals surface area (Å²) in [5.74, 6) is -0.764. The molecule has 0 aliphatic heterocycles. The maximum absolute atomic E-state index is 11.7. The molecule has 0 spiro atoms. The predicted molar refractivity (Wildman–Crippen MR) is 69.7 cm³/mol. The molecule has 2 aromatic rings. The van der Waals surface area contributed by atoms with Crippen LogP contribution >= 0.6 is 0 Å². The van der Waals surface area contributed by atoms with Crippen molar-refractivity contribution in [3.05, 3.63) is 46.8 Å². The lowest BCUT2D eigenvalue weighted by Crippen LogP contribution is -2.08. The van der Waals surface area contributed by atoms with Crippen molar-refractivity contribution in [2.45, 2.75) is 25.8 Å². The Morgan fingerprint density at radius 2 is 1.94 bits per heavy atom. The van der Waals surface area contributed by atoms with E-state index >= 15 is 0 Å². The van der Waals surface area contributed by atoms with E-state index in [1.54, 1.807) is 12.3 Å². The van der Waals surface area contributed by atoms with Gasteiger partial charge in [-0.25, -0.2) is 0 Å². The van der Waals surface area contributed by atoms with Gasteiger partial charge in [-0.05, 0) is 25.0 Å². The van der Waals surface area contributed by atoms with Crippen LogP contribution in [-0.2, 0) is 11.3 Å². The fourth-order valence-corrected chi connectivity index (χ4v) is 2.01. The zero-order valence-corrected chi connectivity index (χ0v) is 10.0. The van der Waals surface area contributed by atoms with Gasteiger partial charge in [0.15, 0.2) is 5.43 Å². The van der Waals surface area contributed by atoms with Crippen LogP contribution in [0.25, 0.3) is 10.9 Å². The minimum atomic E-state index is -0.764. The first-order chi connectivity index (χ1) is 8.68. The van der Waals surface area contributed by atoms with Crippen molar-refractivity contribution >= 4 is 16.9 Å². The average Bonchev–Trinajstić information content (AvgIpc) is 2.37. The van der Waals surface area contributed by atoms with Gasteiger partial charge < -0.3 is 9.67 Å². The summed E-state index contributed by atoms with van der Waals surface area (Å²) in [6, 6.07) is 9.02. The van der Waals surface area contributed by atoms with E-state index in [0.717, 1.165) is 18.5 Å². The molecule has 0 amide bonds. The second kappa shape index (κ2) is 5.49. The van der Waals surface area contributed by atoms with Crippen molar-refractivity contribution in [3.63, 3.8) is 0 Å². The highest BCUT2D eigenvalue weighted by Crippen LogP contribution is 2.10. The lowest BCUT2D eigenvalue weighted by Gasteiger charge is -2.09. The summed E-state index contributed by atoms with van der Waals surface area (Å²) in [6.45, 7) is 0.730. The van der Waals surface area contributed by atoms with Crippen molar-refractivity contribution in [2.24, 2.45) is 0 Å².